The molecule has 0 amide bonds. The Balaban J connectivity index is 3.00. The third kappa shape index (κ3) is 3.00. The molecular weight excluding hydrogens is 211 g/mol. The zero-order valence-electron chi connectivity index (χ0n) is 9.37. The highest BCUT2D eigenvalue weighted by Crippen LogP contribution is 2.24. The van der Waals surface area contributed by atoms with Gasteiger partial charge in [0.1, 0.15) is 0 Å². The van der Waals surface area contributed by atoms with E-state index in [0.29, 0.717) is 13.0 Å². The van der Waals surface area contributed by atoms with Crippen LogP contribution in [0.4, 0.5) is 10.1 Å². The fourth-order valence-electron chi connectivity index (χ4n) is 1.43. The number of nitro benzene ring substituents is 1. The van der Waals surface area contributed by atoms with Crippen LogP contribution >= 0.6 is 0 Å². The highest BCUT2D eigenvalue weighted by atomic mass is 19.1. The zero-order valence-corrected chi connectivity index (χ0v) is 9.37. The van der Waals surface area contributed by atoms with E-state index in [1.807, 2.05) is 13.8 Å². The van der Waals surface area contributed by atoms with E-state index in [2.05, 4.69) is 0 Å². The fourth-order valence-corrected chi connectivity index (χ4v) is 1.43. The Morgan fingerprint density at radius 2 is 2.12 bits per heavy atom. The SMILES string of the molecule is CC(C)(CN)Cc1ccc(F)c([N+](=O)[O-])c1. The van der Waals surface area contributed by atoms with Crippen molar-refractivity contribution in [2.24, 2.45) is 11.1 Å². The van der Waals surface area contributed by atoms with E-state index in [-0.39, 0.29) is 5.41 Å². The fraction of sp³-hybridized carbons (Fsp3) is 0.455. The number of rotatable bonds is 4. The molecule has 0 unspecified atom stereocenters. The van der Waals surface area contributed by atoms with Crippen LogP contribution in [-0.4, -0.2) is 11.5 Å². The first-order valence-electron chi connectivity index (χ1n) is 4.98. The van der Waals surface area contributed by atoms with E-state index >= 15 is 0 Å². The van der Waals surface area contributed by atoms with Crippen LogP contribution < -0.4 is 5.73 Å². The molecule has 88 valence electrons. The molecule has 0 radical (unpaired) electrons. The molecule has 1 aromatic carbocycles. The Morgan fingerprint density at radius 3 is 2.62 bits per heavy atom. The zero-order chi connectivity index (χ0) is 12.3. The van der Waals surface area contributed by atoms with Crippen LogP contribution in [-0.2, 0) is 6.42 Å². The summed E-state index contributed by atoms with van der Waals surface area (Å²) in [6, 6.07) is 3.95. The molecule has 0 aliphatic carbocycles. The van der Waals surface area contributed by atoms with Gasteiger partial charge in [-0.3, -0.25) is 10.1 Å². The molecule has 0 fully saturated rings. The predicted molar refractivity (Wildman–Crippen MR) is 59.6 cm³/mol. The summed E-state index contributed by atoms with van der Waals surface area (Å²) in [5.74, 6) is -0.806. The molecular formula is C11H15FN2O2. The van der Waals surface area contributed by atoms with Gasteiger partial charge in [0.15, 0.2) is 0 Å². The largest absolute Gasteiger partial charge is 0.330 e. The average molecular weight is 226 g/mol. The molecule has 0 bridgehead atoms. The molecule has 2 N–H and O–H groups in total. The van der Waals surface area contributed by atoms with E-state index in [1.54, 1.807) is 6.07 Å². The van der Waals surface area contributed by atoms with E-state index in [1.165, 1.54) is 6.07 Å². The molecule has 0 aliphatic rings. The van der Waals surface area contributed by atoms with Crippen molar-refractivity contribution < 1.29 is 9.31 Å². The lowest BCUT2D eigenvalue weighted by Crippen LogP contribution is -2.25. The Kier molecular flexibility index (Phi) is 3.59. The molecule has 0 atom stereocenters. The minimum atomic E-state index is -0.806. The molecule has 0 saturated carbocycles. The van der Waals surface area contributed by atoms with Crippen molar-refractivity contribution in [3.8, 4) is 0 Å². The molecule has 5 heteroatoms. The first kappa shape index (κ1) is 12.6. The molecule has 0 spiro atoms. The number of nitro groups is 1. The normalized spacial score (nSPS) is 11.5. The van der Waals surface area contributed by atoms with Gasteiger partial charge in [-0.2, -0.15) is 4.39 Å². The standard InChI is InChI=1S/C11H15FN2O2/c1-11(2,7-13)6-8-3-4-9(12)10(5-8)14(15)16/h3-5H,6-7,13H2,1-2H3. The Morgan fingerprint density at radius 1 is 1.50 bits per heavy atom. The van der Waals surface area contributed by atoms with Gasteiger partial charge in [0, 0.05) is 6.07 Å². The van der Waals surface area contributed by atoms with Gasteiger partial charge in [-0.25, -0.2) is 0 Å². The monoisotopic (exact) mass is 226 g/mol. The summed E-state index contributed by atoms with van der Waals surface area (Å²) in [7, 11) is 0. The molecule has 1 rings (SSSR count). The minimum absolute atomic E-state index is 0.147. The Hall–Kier alpha value is -1.49. The van der Waals surface area contributed by atoms with Gasteiger partial charge >= 0.3 is 5.69 Å². The van der Waals surface area contributed by atoms with E-state index in [9.17, 15) is 14.5 Å². The molecule has 4 nitrogen and oxygen atoms in total. The van der Waals surface area contributed by atoms with Crippen molar-refractivity contribution in [1.29, 1.82) is 0 Å². The van der Waals surface area contributed by atoms with Gasteiger partial charge < -0.3 is 5.73 Å². The molecule has 0 saturated heterocycles. The number of benzene rings is 1. The summed E-state index contributed by atoms with van der Waals surface area (Å²) < 4.78 is 13.1. The summed E-state index contributed by atoms with van der Waals surface area (Å²) in [6.45, 7) is 4.39. The predicted octanol–water partition coefficient (Wildman–Crippen LogP) is 2.26. The summed E-state index contributed by atoms with van der Waals surface area (Å²) in [5, 5.41) is 10.5. The summed E-state index contributed by atoms with van der Waals surface area (Å²) in [4.78, 5) is 9.84. The van der Waals surface area contributed by atoms with Gasteiger partial charge in [-0.05, 0) is 30.0 Å². The topological polar surface area (TPSA) is 69.2 Å². The van der Waals surface area contributed by atoms with Crippen LogP contribution in [0.3, 0.4) is 0 Å². The number of hydrogen-bond donors (Lipinski definition) is 1. The quantitative estimate of drug-likeness (QED) is 0.632. The first-order valence-corrected chi connectivity index (χ1v) is 4.98. The van der Waals surface area contributed by atoms with Gasteiger partial charge in [0.05, 0.1) is 4.92 Å². The maximum Gasteiger partial charge on any atom is 0.305 e. The van der Waals surface area contributed by atoms with Gasteiger partial charge in [-0.15, -0.1) is 0 Å². The highest BCUT2D eigenvalue weighted by Gasteiger charge is 2.20. The summed E-state index contributed by atoms with van der Waals surface area (Å²) >= 11 is 0. The van der Waals surface area contributed by atoms with Crippen LogP contribution in [0.25, 0.3) is 0 Å². The highest BCUT2D eigenvalue weighted by molar-refractivity contribution is 5.36. The molecule has 0 aliphatic heterocycles. The molecule has 0 aromatic heterocycles. The summed E-state index contributed by atoms with van der Waals surface area (Å²) in [6.07, 6.45) is 0.588. The Bertz CT molecular complexity index is 405. The van der Waals surface area contributed by atoms with Crippen molar-refractivity contribution in [2.45, 2.75) is 20.3 Å². The lowest BCUT2D eigenvalue weighted by atomic mass is 9.86. The maximum atomic E-state index is 13.1. The van der Waals surface area contributed by atoms with Gasteiger partial charge in [-0.1, -0.05) is 19.9 Å². The molecule has 1 aromatic rings. The maximum absolute atomic E-state index is 13.1. The van der Waals surface area contributed by atoms with Gasteiger partial charge in [0.25, 0.3) is 0 Å². The second-order valence-corrected chi connectivity index (χ2v) is 4.59. The molecule has 0 heterocycles. The third-order valence-corrected chi connectivity index (χ3v) is 2.44. The first-order chi connectivity index (χ1) is 7.35. The van der Waals surface area contributed by atoms with E-state index in [0.717, 1.165) is 11.6 Å². The van der Waals surface area contributed by atoms with Crippen LogP contribution in [0.1, 0.15) is 19.4 Å². The van der Waals surface area contributed by atoms with E-state index in [4.69, 9.17) is 5.73 Å². The smallest absolute Gasteiger partial charge is 0.305 e. The lowest BCUT2D eigenvalue weighted by Gasteiger charge is -2.22. The second-order valence-electron chi connectivity index (χ2n) is 4.59. The average Bonchev–Trinajstić information content (AvgIpc) is 2.20. The Labute approximate surface area is 93.4 Å². The van der Waals surface area contributed by atoms with Crippen molar-refractivity contribution in [3.05, 3.63) is 39.7 Å². The third-order valence-electron chi connectivity index (χ3n) is 2.44. The number of nitrogens with zero attached hydrogens (tertiary/aromatic N) is 1. The second kappa shape index (κ2) is 4.57. The minimum Gasteiger partial charge on any atom is -0.330 e. The molecule has 16 heavy (non-hydrogen) atoms. The van der Waals surface area contributed by atoms with E-state index < -0.39 is 16.4 Å². The van der Waals surface area contributed by atoms with Crippen LogP contribution in [0.5, 0.6) is 0 Å². The van der Waals surface area contributed by atoms with Crippen molar-refractivity contribution in [3.63, 3.8) is 0 Å². The van der Waals surface area contributed by atoms with Gasteiger partial charge in [0.2, 0.25) is 5.82 Å². The van der Waals surface area contributed by atoms with Crippen molar-refractivity contribution in [2.75, 3.05) is 6.54 Å². The number of nitrogens with two attached hydrogens (primary N) is 1. The lowest BCUT2D eigenvalue weighted by molar-refractivity contribution is -0.387. The number of hydrogen-bond acceptors (Lipinski definition) is 3. The number of halogens is 1. The van der Waals surface area contributed by atoms with Crippen LogP contribution in [0.2, 0.25) is 0 Å². The summed E-state index contributed by atoms with van der Waals surface area (Å²) in [5.41, 5.74) is 5.67. The van der Waals surface area contributed by atoms with Crippen LogP contribution in [0.15, 0.2) is 18.2 Å². The van der Waals surface area contributed by atoms with Crippen LogP contribution in [0, 0.1) is 21.3 Å². The van der Waals surface area contributed by atoms with Crippen molar-refractivity contribution >= 4 is 5.69 Å². The van der Waals surface area contributed by atoms with Crippen molar-refractivity contribution in [1.82, 2.24) is 0 Å².